The predicted molar refractivity (Wildman–Crippen MR) is 306 cm³/mol. The van der Waals surface area contributed by atoms with Crippen LogP contribution in [0.5, 0.6) is 0 Å². The summed E-state index contributed by atoms with van der Waals surface area (Å²) in [6.07, 6.45) is 73.4. The van der Waals surface area contributed by atoms with Crippen LogP contribution in [0.2, 0.25) is 0 Å². The topological polar surface area (TPSA) is 95.9 Å². The third-order valence-electron chi connectivity index (χ3n) is 14.8. The van der Waals surface area contributed by atoms with E-state index in [1.54, 1.807) is 0 Å². The number of esters is 1. The van der Waals surface area contributed by atoms with Crippen molar-refractivity contribution in [2.45, 2.75) is 360 Å². The third-order valence-corrected chi connectivity index (χ3v) is 14.8. The van der Waals surface area contributed by atoms with Gasteiger partial charge < -0.3 is 20.3 Å². The molecule has 0 aromatic carbocycles. The molecule has 2 unspecified atom stereocenters. The number of hydrogen-bond donors (Lipinski definition) is 3. The second-order valence-corrected chi connectivity index (χ2v) is 21.7. The van der Waals surface area contributed by atoms with Crippen LogP contribution in [0.1, 0.15) is 348 Å². The predicted octanol–water partition coefficient (Wildman–Crippen LogP) is 19.8. The lowest BCUT2D eigenvalue weighted by molar-refractivity contribution is -0.143. The highest BCUT2D eigenvalue weighted by atomic mass is 16.5. The lowest BCUT2D eigenvalue weighted by Gasteiger charge is -2.22. The summed E-state index contributed by atoms with van der Waals surface area (Å²) in [5.41, 5.74) is 0. The fraction of sp³-hybridized carbons (Fsp3) is 0.906. The summed E-state index contributed by atoms with van der Waals surface area (Å²) in [6.45, 7) is 4.94. The van der Waals surface area contributed by atoms with Gasteiger partial charge in [-0.2, -0.15) is 0 Å². The van der Waals surface area contributed by atoms with Gasteiger partial charge in [0.15, 0.2) is 0 Å². The van der Waals surface area contributed by atoms with Crippen LogP contribution in [0.3, 0.4) is 0 Å². The SMILES string of the molecule is CCCCC/C=C\C/C=C\CCCCCCCCCCCC(=O)OCCCCCCCCCCCCCCCCCCCCCCCCCC(=O)NC(CO)C(O)CCCCCCCCCCCCC. The average molecular weight is 987 g/mol. The Morgan fingerprint density at radius 3 is 1.11 bits per heavy atom. The van der Waals surface area contributed by atoms with E-state index in [-0.39, 0.29) is 18.5 Å². The van der Waals surface area contributed by atoms with Gasteiger partial charge in [0.1, 0.15) is 0 Å². The van der Waals surface area contributed by atoms with Gasteiger partial charge in [-0.1, -0.05) is 301 Å². The fourth-order valence-electron chi connectivity index (χ4n) is 9.91. The molecule has 0 radical (unpaired) electrons. The summed E-state index contributed by atoms with van der Waals surface area (Å²) in [5.74, 6) is -0.0233. The molecule has 0 aromatic heterocycles. The molecule has 414 valence electrons. The Kier molecular flexibility index (Phi) is 58.5. The van der Waals surface area contributed by atoms with Gasteiger partial charge in [0, 0.05) is 12.8 Å². The van der Waals surface area contributed by atoms with Gasteiger partial charge in [-0.25, -0.2) is 0 Å². The zero-order valence-corrected chi connectivity index (χ0v) is 47.3. The van der Waals surface area contributed by atoms with Crippen LogP contribution in [0.15, 0.2) is 24.3 Å². The molecule has 0 heterocycles. The molecule has 1 amide bonds. The Hall–Kier alpha value is -1.66. The minimum atomic E-state index is -0.662. The first-order valence-electron chi connectivity index (χ1n) is 31.6. The van der Waals surface area contributed by atoms with E-state index in [1.165, 1.54) is 263 Å². The van der Waals surface area contributed by atoms with Gasteiger partial charge >= 0.3 is 5.97 Å². The molecule has 0 spiro atoms. The lowest BCUT2D eigenvalue weighted by Crippen LogP contribution is -2.45. The average Bonchev–Trinajstić information content (AvgIpc) is 3.36. The highest BCUT2D eigenvalue weighted by molar-refractivity contribution is 5.76. The first kappa shape index (κ1) is 68.3. The quantitative estimate of drug-likeness (QED) is 0.0321. The zero-order valence-electron chi connectivity index (χ0n) is 47.3. The monoisotopic (exact) mass is 986 g/mol. The van der Waals surface area contributed by atoms with E-state index in [2.05, 4.69) is 43.5 Å². The van der Waals surface area contributed by atoms with Crippen molar-refractivity contribution < 1.29 is 24.5 Å². The first-order valence-corrected chi connectivity index (χ1v) is 31.6. The number of carbonyl (C=O) groups excluding carboxylic acids is 2. The van der Waals surface area contributed by atoms with E-state index >= 15 is 0 Å². The molecule has 2 atom stereocenters. The molecule has 0 aliphatic carbocycles. The van der Waals surface area contributed by atoms with Crippen molar-refractivity contribution in [1.29, 1.82) is 0 Å². The van der Waals surface area contributed by atoms with Gasteiger partial charge in [-0.05, 0) is 57.8 Å². The number of ether oxygens (including phenoxy) is 1. The summed E-state index contributed by atoms with van der Waals surface area (Å²) in [4.78, 5) is 24.5. The summed E-state index contributed by atoms with van der Waals surface area (Å²) in [5, 5.41) is 23.2. The van der Waals surface area contributed by atoms with Crippen LogP contribution in [0, 0.1) is 0 Å². The minimum Gasteiger partial charge on any atom is -0.466 e. The maximum atomic E-state index is 12.4. The Labute approximate surface area is 437 Å². The Balaban J connectivity index is 3.34. The Morgan fingerprint density at radius 1 is 0.400 bits per heavy atom. The van der Waals surface area contributed by atoms with Gasteiger partial charge in [-0.3, -0.25) is 9.59 Å². The Bertz CT molecular complexity index is 1090. The van der Waals surface area contributed by atoms with Crippen LogP contribution < -0.4 is 5.32 Å². The van der Waals surface area contributed by atoms with E-state index in [0.717, 1.165) is 51.4 Å². The normalized spacial score (nSPS) is 12.7. The molecular weight excluding hydrogens is 863 g/mol. The molecule has 0 aliphatic heterocycles. The number of unbranched alkanes of at least 4 members (excludes halogenated alkanes) is 44. The number of allylic oxidation sites excluding steroid dienone is 4. The molecule has 0 aliphatic rings. The molecular formula is C64H123NO5. The van der Waals surface area contributed by atoms with Gasteiger partial charge in [-0.15, -0.1) is 0 Å². The van der Waals surface area contributed by atoms with Crippen molar-refractivity contribution in [2.75, 3.05) is 13.2 Å². The second kappa shape index (κ2) is 59.9. The number of aliphatic hydroxyl groups is 2. The number of amides is 1. The molecule has 3 N–H and O–H groups in total. The van der Waals surface area contributed by atoms with Crippen LogP contribution in [-0.2, 0) is 14.3 Å². The van der Waals surface area contributed by atoms with Crippen molar-refractivity contribution in [1.82, 2.24) is 5.32 Å². The highest BCUT2D eigenvalue weighted by Gasteiger charge is 2.20. The molecule has 0 saturated heterocycles. The van der Waals surface area contributed by atoms with Crippen molar-refractivity contribution in [3.8, 4) is 0 Å². The van der Waals surface area contributed by atoms with Crippen molar-refractivity contribution >= 4 is 11.9 Å². The summed E-state index contributed by atoms with van der Waals surface area (Å²) < 4.78 is 5.50. The van der Waals surface area contributed by atoms with Gasteiger partial charge in [0.2, 0.25) is 5.91 Å². The van der Waals surface area contributed by atoms with Crippen LogP contribution in [0.4, 0.5) is 0 Å². The maximum absolute atomic E-state index is 12.4. The number of hydrogen-bond acceptors (Lipinski definition) is 5. The minimum absolute atomic E-state index is 0.0110. The fourth-order valence-corrected chi connectivity index (χ4v) is 9.91. The molecule has 0 saturated carbocycles. The van der Waals surface area contributed by atoms with E-state index in [1.807, 2.05) is 0 Å². The summed E-state index contributed by atoms with van der Waals surface area (Å²) in [6, 6.07) is -0.539. The van der Waals surface area contributed by atoms with Crippen LogP contribution in [0.25, 0.3) is 0 Å². The summed E-state index contributed by atoms with van der Waals surface area (Å²) in [7, 11) is 0. The number of carbonyl (C=O) groups is 2. The molecule has 0 rings (SSSR count). The van der Waals surface area contributed by atoms with Crippen molar-refractivity contribution in [3.63, 3.8) is 0 Å². The number of rotatable bonds is 59. The molecule has 0 aromatic rings. The first-order chi connectivity index (χ1) is 34.5. The van der Waals surface area contributed by atoms with E-state index < -0.39 is 12.1 Å². The lowest BCUT2D eigenvalue weighted by atomic mass is 10.0. The molecule has 6 heteroatoms. The summed E-state index contributed by atoms with van der Waals surface area (Å²) >= 11 is 0. The van der Waals surface area contributed by atoms with Crippen molar-refractivity contribution in [3.05, 3.63) is 24.3 Å². The highest BCUT2D eigenvalue weighted by Crippen LogP contribution is 2.18. The third kappa shape index (κ3) is 55.7. The smallest absolute Gasteiger partial charge is 0.305 e. The van der Waals surface area contributed by atoms with Crippen molar-refractivity contribution in [2.24, 2.45) is 0 Å². The molecule has 0 bridgehead atoms. The zero-order chi connectivity index (χ0) is 50.7. The molecule has 0 fully saturated rings. The van der Waals surface area contributed by atoms with E-state index in [0.29, 0.717) is 25.9 Å². The van der Waals surface area contributed by atoms with Crippen LogP contribution in [-0.4, -0.2) is 47.4 Å². The standard InChI is InChI=1S/C64H123NO5/c1-3-5-7-9-11-13-15-16-17-18-24-28-31-34-38-42-46-50-54-58-64(69)70-59-55-51-47-43-39-35-32-29-26-23-21-19-20-22-25-27-30-33-37-41-45-49-53-57-63(68)65-61(60-66)62(67)56-52-48-44-40-36-14-12-10-8-6-4-2/h11,13,16-17,61-62,66-67H,3-10,12,14-15,18-60H2,1-2H3,(H,65,68)/b13-11-,17-16-. The molecule has 6 nitrogen and oxygen atoms in total. The second-order valence-electron chi connectivity index (χ2n) is 21.7. The Morgan fingerprint density at radius 2 is 0.714 bits per heavy atom. The van der Waals surface area contributed by atoms with E-state index in [9.17, 15) is 19.8 Å². The number of nitrogens with one attached hydrogen (secondary N) is 1. The van der Waals surface area contributed by atoms with Gasteiger partial charge in [0.25, 0.3) is 0 Å². The van der Waals surface area contributed by atoms with Crippen LogP contribution >= 0.6 is 0 Å². The van der Waals surface area contributed by atoms with Gasteiger partial charge in [0.05, 0.1) is 25.4 Å². The molecule has 70 heavy (non-hydrogen) atoms. The maximum Gasteiger partial charge on any atom is 0.305 e. The number of aliphatic hydroxyl groups excluding tert-OH is 2. The van der Waals surface area contributed by atoms with E-state index in [4.69, 9.17) is 4.74 Å². The largest absolute Gasteiger partial charge is 0.466 e.